The molecule has 0 spiro atoms. The van der Waals surface area contributed by atoms with E-state index >= 15 is 0 Å². The van der Waals surface area contributed by atoms with E-state index in [9.17, 15) is 4.79 Å². The topological polar surface area (TPSA) is 79.9 Å². The molecule has 0 radical (unpaired) electrons. The largest absolute Gasteiger partial charge is 0.475 e. The molecule has 2 aromatic heterocycles. The molecular weight excluding hydrogens is 292 g/mol. The Kier molecular flexibility index (Phi) is 4.60. The lowest BCUT2D eigenvalue weighted by atomic mass is 9.89. The molecule has 3 rings (SSSR count). The van der Waals surface area contributed by atoms with Crippen molar-refractivity contribution in [2.45, 2.75) is 45.8 Å². The standard InChI is InChI=1S/C17H22N4O2/c1-11(2)23-16-6-3-12(8-18-16)9-19-17(22)13-4-5-14-15(7-13)21-10-20-14/h3,6,8,10-11,13H,4-5,7,9H2,1-2H3,(H,19,22)(H,20,21)/t13-/m0/s1. The second kappa shape index (κ2) is 6.81. The molecule has 0 bridgehead atoms. The number of rotatable bonds is 5. The van der Waals surface area contributed by atoms with E-state index in [4.69, 9.17) is 4.74 Å². The summed E-state index contributed by atoms with van der Waals surface area (Å²) in [5.41, 5.74) is 3.15. The Bertz CT molecular complexity index is 663. The fourth-order valence-corrected chi connectivity index (χ4v) is 2.78. The van der Waals surface area contributed by atoms with Crippen molar-refractivity contribution in [3.05, 3.63) is 41.6 Å². The first-order valence-corrected chi connectivity index (χ1v) is 8.02. The summed E-state index contributed by atoms with van der Waals surface area (Å²) in [5.74, 6) is 0.710. The van der Waals surface area contributed by atoms with Gasteiger partial charge in [0.2, 0.25) is 11.8 Å². The molecule has 2 N–H and O–H groups in total. The van der Waals surface area contributed by atoms with Crippen molar-refractivity contribution in [2.75, 3.05) is 0 Å². The summed E-state index contributed by atoms with van der Waals surface area (Å²) < 4.78 is 5.51. The van der Waals surface area contributed by atoms with Crippen molar-refractivity contribution in [2.24, 2.45) is 5.92 Å². The van der Waals surface area contributed by atoms with Crippen LogP contribution in [-0.2, 0) is 24.2 Å². The van der Waals surface area contributed by atoms with Crippen LogP contribution in [0.2, 0.25) is 0 Å². The minimum atomic E-state index is 0.0134. The smallest absolute Gasteiger partial charge is 0.223 e. The van der Waals surface area contributed by atoms with Crippen LogP contribution in [0.1, 0.15) is 37.2 Å². The van der Waals surface area contributed by atoms with E-state index in [0.717, 1.165) is 36.2 Å². The van der Waals surface area contributed by atoms with E-state index in [1.54, 1.807) is 12.5 Å². The highest BCUT2D eigenvalue weighted by atomic mass is 16.5. The predicted molar refractivity (Wildman–Crippen MR) is 86.0 cm³/mol. The van der Waals surface area contributed by atoms with Crippen LogP contribution in [0, 0.1) is 5.92 Å². The van der Waals surface area contributed by atoms with Crippen LogP contribution < -0.4 is 10.1 Å². The molecule has 1 aliphatic rings. The molecule has 122 valence electrons. The molecule has 1 amide bonds. The van der Waals surface area contributed by atoms with Crippen LogP contribution in [0.25, 0.3) is 0 Å². The highest BCUT2D eigenvalue weighted by Crippen LogP contribution is 2.23. The van der Waals surface area contributed by atoms with Gasteiger partial charge in [0.05, 0.1) is 18.1 Å². The van der Waals surface area contributed by atoms with E-state index in [1.165, 1.54) is 0 Å². The van der Waals surface area contributed by atoms with Gasteiger partial charge in [-0.1, -0.05) is 6.07 Å². The van der Waals surface area contributed by atoms with E-state index in [1.807, 2.05) is 26.0 Å². The number of hydrogen-bond donors (Lipinski definition) is 2. The number of hydrogen-bond acceptors (Lipinski definition) is 4. The fourth-order valence-electron chi connectivity index (χ4n) is 2.78. The molecule has 23 heavy (non-hydrogen) atoms. The third kappa shape index (κ3) is 3.88. The monoisotopic (exact) mass is 314 g/mol. The van der Waals surface area contributed by atoms with Crippen molar-refractivity contribution < 1.29 is 9.53 Å². The number of amides is 1. The third-order valence-corrected chi connectivity index (χ3v) is 3.98. The van der Waals surface area contributed by atoms with Gasteiger partial charge in [0.25, 0.3) is 0 Å². The number of fused-ring (bicyclic) bond motifs is 1. The molecule has 1 aliphatic carbocycles. The number of carbonyl (C=O) groups is 1. The molecule has 0 aromatic carbocycles. The van der Waals surface area contributed by atoms with Crippen LogP contribution >= 0.6 is 0 Å². The maximum atomic E-state index is 12.3. The van der Waals surface area contributed by atoms with Gasteiger partial charge >= 0.3 is 0 Å². The second-order valence-corrected chi connectivity index (χ2v) is 6.16. The zero-order valence-electron chi connectivity index (χ0n) is 13.5. The molecular formula is C17H22N4O2. The van der Waals surface area contributed by atoms with Crippen molar-refractivity contribution in [1.82, 2.24) is 20.3 Å². The highest BCUT2D eigenvalue weighted by molar-refractivity contribution is 5.79. The number of imidazole rings is 1. The first-order chi connectivity index (χ1) is 11.1. The number of aromatic nitrogens is 3. The van der Waals surface area contributed by atoms with Gasteiger partial charge in [-0.25, -0.2) is 9.97 Å². The number of nitrogens with zero attached hydrogens (tertiary/aromatic N) is 2. The Labute approximate surface area is 135 Å². The molecule has 0 fully saturated rings. The Balaban J connectivity index is 1.51. The Hall–Kier alpha value is -2.37. The molecule has 0 aliphatic heterocycles. The lowest BCUT2D eigenvalue weighted by Crippen LogP contribution is -2.33. The lowest BCUT2D eigenvalue weighted by Gasteiger charge is -2.20. The van der Waals surface area contributed by atoms with Crippen molar-refractivity contribution in [3.63, 3.8) is 0 Å². The highest BCUT2D eigenvalue weighted by Gasteiger charge is 2.25. The minimum absolute atomic E-state index is 0.0134. The zero-order valence-corrected chi connectivity index (χ0v) is 13.5. The number of aromatic amines is 1. The maximum absolute atomic E-state index is 12.3. The quantitative estimate of drug-likeness (QED) is 0.885. The zero-order chi connectivity index (χ0) is 16.2. The number of pyridine rings is 1. The van der Waals surface area contributed by atoms with E-state index in [2.05, 4.69) is 20.3 Å². The molecule has 1 atom stereocenters. The Morgan fingerprint density at radius 1 is 1.43 bits per heavy atom. The molecule has 6 heteroatoms. The van der Waals surface area contributed by atoms with Crippen LogP contribution in [0.15, 0.2) is 24.7 Å². The number of nitrogens with one attached hydrogen (secondary N) is 2. The molecule has 0 saturated heterocycles. The van der Waals surface area contributed by atoms with Gasteiger partial charge in [0.15, 0.2) is 0 Å². The van der Waals surface area contributed by atoms with Crippen LogP contribution in [0.3, 0.4) is 0 Å². The van der Waals surface area contributed by atoms with Crippen molar-refractivity contribution in [3.8, 4) is 5.88 Å². The van der Waals surface area contributed by atoms with Gasteiger partial charge in [-0.15, -0.1) is 0 Å². The van der Waals surface area contributed by atoms with Crippen molar-refractivity contribution in [1.29, 1.82) is 0 Å². The predicted octanol–water partition coefficient (Wildman–Crippen LogP) is 2.01. The summed E-state index contributed by atoms with van der Waals surface area (Å²) in [6.07, 6.45) is 6.00. The molecule has 2 aromatic rings. The van der Waals surface area contributed by atoms with Gasteiger partial charge in [0.1, 0.15) is 0 Å². The lowest BCUT2D eigenvalue weighted by molar-refractivity contribution is -0.125. The van der Waals surface area contributed by atoms with Crippen LogP contribution in [0.4, 0.5) is 0 Å². The van der Waals surface area contributed by atoms with Crippen molar-refractivity contribution >= 4 is 5.91 Å². The maximum Gasteiger partial charge on any atom is 0.223 e. The van der Waals surface area contributed by atoms with Gasteiger partial charge in [0, 0.05) is 36.8 Å². The average molecular weight is 314 g/mol. The number of ether oxygens (including phenoxy) is 1. The summed E-state index contributed by atoms with van der Waals surface area (Å²) in [4.78, 5) is 24.0. The SMILES string of the molecule is CC(C)Oc1ccc(CNC(=O)[C@H]2CCc3nc[nH]c3C2)cn1. The van der Waals surface area contributed by atoms with Gasteiger partial charge in [-0.2, -0.15) is 0 Å². The first-order valence-electron chi connectivity index (χ1n) is 8.02. The summed E-state index contributed by atoms with van der Waals surface area (Å²) in [6.45, 7) is 4.41. The normalized spacial score (nSPS) is 16.9. The summed E-state index contributed by atoms with van der Waals surface area (Å²) >= 11 is 0. The summed E-state index contributed by atoms with van der Waals surface area (Å²) in [5, 5.41) is 3.00. The summed E-state index contributed by atoms with van der Waals surface area (Å²) in [7, 11) is 0. The second-order valence-electron chi connectivity index (χ2n) is 6.16. The number of H-pyrrole nitrogens is 1. The summed E-state index contributed by atoms with van der Waals surface area (Å²) in [6, 6.07) is 3.76. The van der Waals surface area contributed by atoms with E-state index in [-0.39, 0.29) is 17.9 Å². The molecule has 2 heterocycles. The molecule has 6 nitrogen and oxygen atoms in total. The van der Waals surface area contributed by atoms with E-state index in [0.29, 0.717) is 12.4 Å². The number of aryl methyl sites for hydroxylation is 1. The van der Waals surface area contributed by atoms with E-state index < -0.39 is 0 Å². The molecule has 0 unspecified atom stereocenters. The minimum Gasteiger partial charge on any atom is -0.475 e. The fraction of sp³-hybridized carbons (Fsp3) is 0.471. The van der Waals surface area contributed by atoms with Crippen LogP contribution in [0.5, 0.6) is 5.88 Å². The number of carbonyl (C=O) groups excluding carboxylic acids is 1. The first kappa shape index (κ1) is 15.5. The Morgan fingerprint density at radius 3 is 3.04 bits per heavy atom. The third-order valence-electron chi connectivity index (χ3n) is 3.98. The van der Waals surface area contributed by atoms with Gasteiger partial charge in [-0.05, 0) is 32.3 Å². The van der Waals surface area contributed by atoms with Crippen LogP contribution in [-0.4, -0.2) is 27.0 Å². The van der Waals surface area contributed by atoms with Gasteiger partial charge < -0.3 is 15.0 Å². The molecule has 0 saturated carbocycles. The van der Waals surface area contributed by atoms with Gasteiger partial charge in [-0.3, -0.25) is 4.79 Å². The Morgan fingerprint density at radius 2 is 2.30 bits per heavy atom. The average Bonchev–Trinajstić information content (AvgIpc) is 3.01.